The van der Waals surface area contributed by atoms with Gasteiger partial charge in [0.05, 0.1) is 9.40 Å². The zero-order chi connectivity index (χ0) is 14.5. The molecule has 2 aromatic rings. The summed E-state index contributed by atoms with van der Waals surface area (Å²) in [4.78, 5) is 10.5. The lowest BCUT2D eigenvalue weighted by molar-refractivity contribution is -0.385. The zero-order valence-corrected chi connectivity index (χ0v) is 13.6. The van der Waals surface area contributed by atoms with E-state index < -0.39 is 0 Å². The number of nitrogens with zero attached hydrogens (tertiary/aromatic N) is 1. The first-order valence-electron chi connectivity index (χ1n) is 5.94. The topological polar surface area (TPSA) is 55.2 Å². The molecule has 0 atom stereocenters. The molecule has 0 aliphatic heterocycles. The highest BCUT2D eigenvalue weighted by atomic mass is 79.9. The SMILES string of the molecule is O=[N+]([O-])c1cc(CNCc2ccc(Br)cc2)ccc1Br. The molecule has 6 heteroatoms. The minimum absolute atomic E-state index is 0.0907. The summed E-state index contributed by atoms with van der Waals surface area (Å²) in [6, 6.07) is 13.2. The van der Waals surface area contributed by atoms with Crippen LogP contribution in [0.15, 0.2) is 51.4 Å². The van der Waals surface area contributed by atoms with Crippen LogP contribution >= 0.6 is 31.9 Å². The van der Waals surface area contributed by atoms with E-state index in [2.05, 4.69) is 37.2 Å². The summed E-state index contributed by atoms with van der Waals surface area (Å²) in [5.74, 6) is 0. The van der Waals surface area contributed by atoms with Gasteiger partial charge >= 0.3 is 0 Å². The molecule has 2 rings (SSSR count). The number of hydrogen-bond donors (Lipinski definition) is 1. The van der Waals surface area contributed by atoms with Crippen LogP contribution in [0.2, 0.25) is 0 Å². The second kappa shape index (κ2) is 6.97. The average molecular weight is 400 g/mol. The molecule has 0 amide bonds. The summed E-state index contributed by atoms with van der Waals surface area (Å²) in [5.41, 5.74) is 2.14. The number of nitrogens with one attached hydrogen (secondary N) is 1. The van der Waals surface area contributed by atoms with E-state index in [0.717, 1.165) is 16.6 Å². The second-order valence-electron chi connectivity index (χ2n) is 4.27. The quantitative estimate of drug-likeness (QED) is 0.598. The zero-order valence-electron chi connectivity index (χ0n) is 10.5. The Balaban J connectivity index is 1.96. The largest absolute Gasteiger partial charge is 0.309 e. The van der Waals surface area contributed by atoms with Crippen molar-refractivity contribution in [1.29, 1.82) is 0 Å². The molecule has 0 aliphatic rings. The second-order valence-corrected chi connectivity index (χ2v) is 6.04. The molecule has 20 heavy (non-hydrogen) atoms. The summed E-state index contributed by atoms with van der Waals surface area (Å²) >= 11 is 6.57. The number of hydrogen-bond acceptors (Lipinski definition) is 3. The van der Waals surface area contributed by atoms with Crippen LogP contribution < -0.4 is 5.32 Å². The van der Waals surface area contributed by atoms with Gasteiger partial charge in [0.15, 0.2) is 0 Å². The maximum atomic E-state index is 10.9. The molecule has 0 saturated heterocycles. The molecule has 4 nitrogen and oxygen atoms in total. The molecule has 0 aromatic heterocycles. The number of halogens is 2. The van der Waals surface area contributed by atoms with Crippen molar-refractivity contribution < 1.29 is 4.92 Å². The Labute approximate surface area is 133 Å². The van der Waals surface area contributed by atoms with Crippen LogP contribution in [0.3, 0.4) is 0 Å². The van der Waals surface area contributed by atoms with Gasteiger partial charge in [-0.25, -0.2) is 0 Å². The van der Waals surface area contributed by atoms with Gasteiger partial charge in [-0.3, -0.25) is 10.1 Å². The van der Waals surface area contributed by atoms with Crippen molar-refractivity contribution in [3.8, 4) is 0 Å². The van der Waals surface area contributed by atoms with Gasteiger partial charge in [-0.1, -0.05) is 34.1 Å². The minimum Gasteiger partial charge on any atom is -0.309 e. The first-order chi connectivity index (χ1) is 9.56. The molecule has 2 aromatic carbocycles. The molecular formula is C14H12Br2N2O2. The third kappa shape index (κ3) is 4.13. The third-order valence-corrected chi connectivity index (χ3v) is 3.98. The van der Waals surface area contributed by atoms with Gasteiger partial charge in [-0.15, -0.1) is 0 Å². The molecule has 0 aliphatic carbocycles. The molecule has 0 bridgehead atoms. The summed E-state index contributed by atoms with van der Waals surface area (Å²) < 4.78 is 1.55. The van der Waals surface area contributed by atoms with Crippen LogP contribution in [-0.4, -0.2) is 4.92 Å². The van der Waals surface area contributed by atoms with E-state index in [-0.39, 0.29) is 10.6 Å². The highest BCUT2D eigenvalue weighted by Crippen LogP contribution is 2.25. The maximum absolute atomic E-state index is 10.9. The molecule has 1 N–H and O–H groups in total. The van der Waals surface area contributed by atoms with Crippen molar-refractivity contribution in [3.05, 3.63) is 72.7 Å². The Morgan fingerprint density at radius 3 is 2.25 bits per heavy atom. The Kier molecular flexibility index (Phi) is 5.28. The van der Waals surface area contributed by atoms with E-state index in [4.69, 9.17) is 0 Å². The normalized spacial score (nSPS) is 10.5. The Morgan fingerprint density at radius 1 is 1.00 bits per heavy atom. The van der Waals surface area contributed by atoms with Crippen LogP contribution in [0.25, 0.3) is 0 Å². The molecule has 0 saturated carbocycles. The lowest BCUT2D eigenvalue weighted by Crippen LogP contribution is -2.12. The van der Waals surface area contributed by atoms with Crippen molar-refractivity contribution in [2.45, 2.75) is 13.1 Å². The van der Waals surface area contributed by atoms with E-state index in [1.807, 2.05) is 30.3 Å². The fourth-order valence-corrected chi connectivity index (χ4v) is 2.42. The van der Waals surface area contributed by atoms with Gasteiger partial charge in [0.2, 0.25) is 0 Å². The van der Waals surface area contributed by atoms with E-state index in [0.29, 0.717) is 11.0 Å². The Bertz CT molecular complexity index is 615. The van der Waals surface area contributed by atoms with Gasteiger partial charge in [0.1, 0.15) is 0 Å². The van der Waals surface area contributed by atoms with Crippen molar-refractivity contribution >= 4 is 37.5 Å². The smallest absolute Gasteiger partial charge is 0.283 e. The molecule has 0 heterocycles. The summed E-state index contributed by atoms with van der Waals surface area (Å²) in [6.45, 7) is 1.31. The van der Waals surface area contributed by atoms with Gasteiger partial charge in [-0.2, -0.15) is 0 Å². The fourth-order valence-electron chi connectivity index (χ4n) is 1.76. The van der Waals surface area contributed by atoms with E-state index in [1.54, 1.807) is 12.1 Å². The number of nitro groups is 1. The molecule has 0 unspecified atom stereocenters. The van der Waals surface area contributed by atoms with Crippen LogP contribution in [0.5, 0.6) is 0 Å². The van der Waals surface area contributed by atoms with Gasteiger partial charge in [0, 0.05) is 23.6 Å². The van der Waals surface area contributed by atoms with Crippen LogP contribution in [0, 0.1) is 10.1 Å². The van der Waals surface area contributed by atoms with Crippen molar-refractivity contribution in [1.82, 2.24) is 5.32 Å². The number of benzene rings is 2. The molecule has 0 fully saturated rings. The van der Waals surface area contributed by atoms with E-state index >= 15 is 0 Å². The lowest BCUT2D eigenvalue weighted by atomic mass is 10.2. The molecule has 0 spiro atoms. The maximum Gasteiger partial charge on any atom is 0.283 e. The predicted molar refractivity (Wildman–Crippen MR) is 85.5 cm³/mol. The van der Waals surface area contributed by atoms with E-state index in [9.17, 15) is 10.1 Å². The predicted octanol–water partition coefficient (Wildman–Crippen LogP) is 4.41. The highest BCUT2D eigenvalue weighted by Gasteiger charge is 2.11. The van der Waals surface area contributed by atoms with Crippen molar-refractivity contribution in [3.63, 3.8) is 0 Å². The third-order valence-electron chi connectivity index (χ3n) is 2.78. The van der Waals surface area contributed by atoms with Gasteiger partial charge < -0.3 is 5.32 Å². The number of rotatable bonds is 5. The van der Waals surface area contributed by atoms with Crippen LogP contribution in [0.4, 0.5) is 5.69 Å². The fraction of sp³-hybridized carbons (Fsp3) is 0.143. The summed E-state index contributed by atoms with van der Waals surface area (Å²) in [5, 5.41) is 14.1. The first kappa shape index (κ1) is 15.2. The van der Waals surface area contributed by atoms with Gasteiger partial charge in [0.25, 0.3) is 5.69 Å². The molecule has 104 valence electrons. The van der Waals surface area contributed by atoms with Crippen LogP contribution in [-0.2, 0) is 13.1 Å². The highest BCUT2D eigenvalue weighted by molar-refractivity contribution is 9.10. The Hall–Kier alpha value is -1.24. The summed E-state index contributed by atoms with van der Waals surface area (Å²) in [7, 11) is 0. The lowest BCUT2D eigenvalue weighted by Gasteiger charge is -2.06. The van der Waals surface area contributed by atoms with Gasteiger partial charge in [-0.05, 0) is 45.3 Å². The van der Waals surface area contributed by atoms with Crippen LogP contribution in [0.1, 0.15) is 11.1 Å². The molecule has 0 radical (unpaired) electrons. The standard InChI is InChI=1S/C14H12Br2N2O2/c15-12-4-1-10(2-5-12)8-17-9-11-3-6-13(16)14(7-11)18(19)20/h1-7,17H,8-9H2. The van der Waals surface area contributed by atoms with E-state index in [1.165, 1.54) is 5.56 Å². The summed E-state index contributed by atoms with van der Waals surface area (Å²) in [6.07, 6.45) is 0. The minimum atomic E-state index is -0.387. The Morgan fingerprint density at radius 2 is 1.60 bits per heavy atom. The average Bonchev–Trinajstić information content (AvgIpc) is 2.42. The van der Waals surface area contributed by atoms with Crippen molar-refractivity contribution in [2.75, 3.05) is 0 Å². The molecular weight excluding hydrogens is 388 g/mol. The first-order valence-corrected chi connectivity index (χ1v) is 7.53. The number of nitro benzene ring substituents is 1. The van der Waals surface area contributed by atoms with Crippen molar-refractivity contribution in [2.24, 2.45) is 0 Å². The monoisotopic (exact) mass is 398 g/mol.